The van der Waals surface area contributed by atoms with Crippen LogP contribution in [0.1, 0.15) is 33.4 Å². The van der Waals surface area contributed by atoms with E-state index in [9.17, 15) is 0 Å². The van der Waals surface area contributed by atoms with E-state index in [1.807, 2.05) is 0 Å². The molecule has 0 bridgehead atoms. The SMILES string of the molecule is Cc1cc(C)cc(N2c3ccccc3N(Cc3ccc(N4c5ccccc5N(C)c5ccccc54)cc3)c3ccccc32)c1.Cc1cc(C)cc(N2c3ccccc3N(Cc3ccc(N4c5ccccc5N(C)c5ccccc54)cc3)c3ccccc32)c1. The number of anilines is 20. The molecular formula is C80H68N8. The first-order valence-electron chi connectivity index (χ1n) is 30.4. The summed E-state index contributed by atoms with van der Waals surface area (Å²) >= 11 is 0. The van der Waals surface area contributed by atoms with Crippen molar-refractivity contribution in [2.45, 2.75) is 40.8 Å². The molecule has 4 aliphatic rings. The van der Waals surface area contributed by atoms with E-state index in [1.54, 1.807) is 0 Å². The topological polar surface area (TPSA) is 25.9 Å². The molecule has 0 fully saturated rings. The van der Waals surface area contributed by atoms with Gasteiger partial charge in [0, 0.05) is 49.9 Å². The smallest absolute Gasteiger partial charge is 0.0699 e. The third-order valence-electron chi connectivity index (χ3n) is 17.6. The number of hydrogen-bond acceptors (Lipinski definition) is 8. The van der Waals surface area contributed by atoms with Gasteiger partial charge in [-0.1, -0.05) is 133 Å². The van der Waals surface area contributed by atoms with E-state index in [0.717, 1.165) is 24.5 Å². The lowest BCUT2D eigenvalue weighted by Crippen LogP contribution is -2.27. The Morgan fingerprint density at radius 1 is 0.205 bits per heavy atom. The molecule has 4 heterocycles. The summed E-state index contributed by atoms with van der Waals surface area (Å²) in [4.78, 5) is 19.0. The zero-order chi connectivity index (χ0) is 59.6. The highest BCUT2D eigenvalue weighted by atomic mass is 15.3. The highest BCUT2D eigenvalue weighted by Gasteiger charge is 2.33. The molecule has 4 aliphatic heterocycles. The maximum Gasteiger partial charge on any atom is 0.0699 e. The molecule has 0 saturated carbocycles. The summed E-state index contributed by atoms with van der Waals surface area (Å²) in [6, 6.07) is 101. The second-order valence-electron chi connectivity index (χ2n) is 23.6. The van der Waals surface area contributed by atoms with E-state index < -0.39 is 0 Å². The average molecular weight is 1140 g/mol. The summed E-state index contributed by atoms with van der Waals surface area (Å²) in [5.74, 6) is 0. The molecule has 16 rings (SSSR count). The van der Waals surface area contributed by atoms with Crippen LogP contribution in [0.3, 0.4) is 0 Å². The van der Waals surface area contributed by atoms with Gasteiger partial charge in [0.1, 0.15) is 0 Å². The predicted molar refractivity (Wildman–Crippen MR) is 371 cm³/mol. The molecule has 0 saturated heterocycles. The van der Waals surface area contributed by atoms with Crippen LogP contribution in [0.25, 0.3) is 0 Å². The standard InChI is InChI=1S/2C40H34N4/c2*1-28-24-29(2)26-32(25-28)44-39-18-10-6-14-35(39)42(36-15-7-11-19-40(36)44)27-30-20-22-31(23-21-30)43-37-16-8-4-12-33(37)41(3)34-13-5-9-17-38(34)43/h2*4-26H,27H2,1-3H3. The van der Waals surface area contributed by atoms with Crippen molar-refractivity contribution in [3.63, 3.8) is 0 Å². The maximum absolute atomic E-state index is 2.46. The molecule has 0 N–H and O–H groups in total. The Morgan fingerprint density at radius 2 is 0.398 bits per heavy atom. The lowest BCUT2D eigenvalue weighted by atomic mass is 10.0. The van der Waals surface area contributed by atoms with Gasteiger partial charge in [-0.3, -0.25) is 0 Å². The lowest BCUT2D eigenvalue weighted by Gasteiger charge is -2.40. The van der Waals surface area contributed by atoms with Gasteiger partial charge in [-0.2, -0.15) is 0 Å². The van der Waals surface area contributed by atoms with Gasteiger partial charge < -0.3 is 39.2 Å². The first-order valence-corrected chi connectivity index (χ1v) is 30.4. The van der Waals surface area contributed by atoms with Gasteiger partial charge in [0.05, 0.1) is 91.0 Å². The highest BCUT2D eigenvalue weighted by molar-refractivity contribution is 6.02. The predicted octanol–water partition coefficient (Wildman–Crippen LogP) is 22.0. The van der Waals surface area contributed by atoms with Gasteiger partial charge in [0.15, 0.2) is 0 Å². The van der Waals surface area contributed by atoms with Crippen molar-refractivity contribution < 1.29 is 0 Å². The van der Waals surface area contributed by atoms with Crippen LogP contribution in [0.5, 0.6) is 0 Å². The molecule has 0 spiro atoms. The van der Waals surface area contributed by atoms with Crippen LogP contribution in [-0.4, -0.2) is 14.1 Å². The van der Waals surface area contributed by atoms with Gasteiger partial charge in [-0.15, -0.1) is 0 Å². The van der Waals surface area contributed by atoms with Crippen LogP contribution in [0.4, 0.5) is 114 Å². The summed E-state index contributed by atoms with van der Waals surface area (Å²) in [5, 5.41) is 0. The molecule has 8 nitrogen and oxygen atoms in total. The van der Waals surface area contributed by atoms with Crippen LogP contribution in [-0.2, 0) is 13.1 Å². The minimum absolute atomic E-state index is 0.769. The van der Waals surface area contributed by atoms with E-state index >= 15 is 0 Å². The number of benzene rings is 12. The molecule has 0 amide bonds. The minimum Gasteiger partial charge on any atom is -0.341 e. The van der Waals surface area contributed by atoms with E-state index in [-0.39, 0.29) is 0 Å². The summed E-state index contributed by atoms with van der Waals surface area (Å²) in [5.41, 5.74) is 31.4. The van der Waals surface area contributed by atoms with Crippen LogP contribution >= 0.6 is 0 Å². The van der Waals surface area contributed by atoms with Crippen LogP contribution in [0.15, 0.2) is 279 Å². The fourth-order valence-corrected chi connectivity index (χ4v) is 13.8. The lowest BCUT2D eigenvalue weighted by molar-refractivity contribution is 0.956. The van der Waals surface area contributed by atoms with Crippen LogP contribution in [0.2, 0.25) is 0 Å². The van der Waals surface area contributed by atoms with Gasteiger partial charge in [0.25, 0.3) is 0 Å². The number of rotatable bonds is 8. The second kappa shape index (κ2) is 22.1. The number of aryl methyl sites for hydroxylation is 4. The fraction of sp³-hybridized carbons (Fsp3) is 0.100. The summed E-state index contributed by atoms with van der Waals surface area (Å²) in [6.45, 7) is 10.2. The fourth-order valence-electron chi connectivity index (χ4n) is 13.8. The van der Waals surface area contributed by atoms with Gasteiger partial charge >= 0.3 is 0 Å². The summed E-state index contributed by atoms with van der Waals surface area (Å²) < 4.78 is 0. The third-order valence-corrected chi connectivity index (χ3v) is 17.6. The summed E-state index contributed by atoms with van der Waals surface area (Å²) in [7, 11) is 4.29. The van der Waals surface area contributed by atoms with Crippen LogP contribution in [0, 0.1) is 27.7 Å². The second-order valence-corrected chi connectivity index (χ2v) is 23.6. The van der Waals surface area contributed by atoms with Gasteiger partial charge in [-0.25, -0.2) is 0 Å². The average Bonchev–Trinajstić information content (AvgIpc) is 2.29. The molecule has 0 atom stereocenters. The summed E-state index contributed by atoms with van der Waals surface area (Å²) in [6.07, 6.45) is 0. The molecule has 0 radical (unpaired) electrons. The maximum atomic E-state index is 2.46. The largest absolute Gasteiger partial charge is 0.341 e. The van der Waals surface area contributed by atoms with Crippen molar-refractivity contribution in [2.75, 3.05) is 53.3 Å². The molecule has 428 valence electrons. The number of nitrogens with zero attached hydrogens (tertiary/aromatic N) is 8. The zero-order valence-corrected chi connectivity index (χ0v) is 50.6. The van der Waals surface area contributed by atoms with E-state index in [1.165, 1.54) is 136 Å². The first kappa shape index (κ1) is 53.7. The molecule has 12 aromatic rings. The highest BCUT2D eigenvalue weighted by Crippen LogP contribution is 2.56. The van der Waals surface area contributed by atoms with Crippen molar-refractivity contribution in [2.24, 2.45) is 0 Å². The van der Waals surface area contributed by atoms with Crippen molar-refractivity contribution >= 4 is 114 Å². The van der Waals surface area contributed by atoms with E-state index in [0.29, 0.717) is 0 Å². The Labute approximate surface area is 517 Å². The Morgan fingerprint density at radius 3 is 0.636 bits per heavy atom. The van der Waals surface area contributed by atoms with E-state index in [4.69, 9.17) is 0 Å². The Bertz CT molecular complexity index is 4090. The van der Waals surface area contributed by atoms with Crippen molar-refractivity contribution in [3.05, 3.63) is 312 Å². The monoisotopic (exact) mass is 1140 g/mol. The first-order chi connectivity index (χ1) is 43.1. The number of hydrogen-bond donors (Lipinski definition) is 0. The van der Waals surface area contributed by atoms with Gasteiger partial charge in [-0.05, 0) is 207 Å². The number of para-hydroxylation sites is 16. The molecule has 0 aliphatic carbocycles. The van der Waals surface area contributed by atoms with Crippen molar-refractivity contribution in [3.8, 4) is 0 Å². The molecule has 88 heavy (non-hydrogen) atoms. The normalized spacial score (nSPS) is 13.2. The zero-order valence-electron chi connectivity index (χ0n) is 50.6. The molecule has 0 unspecified atom stereocenters. The Balaban J connectivity index is 0.000000148. The van der Waals surface area contributed by atoms with Crippen molar-refractivity contribution in [1.82, 2.24) is 0 Å². The van der Waals surface area contributed by atoms with Crippen molar-refractivity contribution in [1.29, 1.82) is 0 Å². The molecule has 0 aromatic heterocycles. The molecule has 12 aromatic carbocycles. The van der Waals surface area contributed by atoms with Crippen LogP contribution < -0.4 is 39.2 Å². The Hall–Kier alpha value is -11.0. The minimum atomic E-state index is 0.769. The molecular weight excluding hydrogens is 1070 g/mol. The Kier molecular flexibility index (Phi) is 13.5. The number of fused-ring (bicyclic) bond motifs is 8. The molecule has 8 heteroatoms. The van der Waals surface area contributed by atoms with E-state index in [2.05, 4.69) is 360 Å². The third kappa shape index (κ3) is 9.41. The quantitative estimate of drug-likeness (QED) is 0.149. The van der Waals surface area contributed by atoms with Gasteiger partial charge in [0.2, 0.25) is 0 Å².